The highest BCUT2D eigenvalue weighted by Crippen LogP contribution is 2.40. The van der Waals surface area contributed by atoms with Crippen molar-refractivity contribution in [2.45, 2.75) is 52.5 Å². The van der Waals surface area contributed by atoms with Gasteiger partial charge in [0.2, 0.25) is 0 Å². The second-order valence-corrected chi connectivity index (χ2v) is 4.34. The van der Waals surface area contributed by atoms with Crippen molar-refractivity contribution in [1.29, 1.82) is 0 Å². The van der Waals surface area contributed by atoms with Gasteiger partial charge in [0.1, 0.15) is 0 Å². The molecule has 2 rings (SSSR count). The Balaban J connectivity index is 0.000000509. The van der Waals surface area contributed by atoms with E-state index in [2.05, 4.69) is 30.5 Å². The van der Waals surface area contributed by atoms with Crippen LogP contribution < -0.4 is 0 Å². The van der Waals surface area contributed by atoms with Gasteiger partial charge in [0.15, 0.2) is 0 Å². The predicted octanol–water partition coefficient (Wildman–Crippen LogP) is 3.35. The first-order valence-corrected chi connectivity index (χ1v) is 6.74. The molecule has 2 aliphatic heterocycles. The predicted molar refractivity (Wildman–Crippen MR) is 73.7 cm³/mol. The van der Waals surface area contributed by atoms with E-state index in [4.69, 9.17) is 0 Å². The average molecular weight is 226 g/mol. The van der Waals surface area contributed by atoms with Crippen LogP contribution in [-0.4, -0.2) is 42.5 Å². The molecule has 16 heavy (non-hydrogen) atoms. The molecule has 2 fully saturated rings. The van der Waals surface area contributed by atoms with Crippen molar-refractivity contribution < 1.29 is 0 Å². The van der Waals surface area contributed by atoms with E-state index in [1.807, 2.05) is 27.7 Å². The summed E-state index contributed by atoms with van der Waals surface area (Å²) in [6.45, 7) is 14.6. The molecular formula is C14H30N2. The van der Waals surface area contributed by atoms with Crippen LogP contribution >= 0.6 is 0 Å². The second-order valence-electron chi connectivity index (χ2n) is 4.34. The van der Waals surface area contributed by atoms with Crippen LogP contribution in [0.4, 0.5) is 0 Å². The highest BCUT2D eigenvalue weighted by atomic mass is 15.3. The Morgan fingerprint density at radius 3 is 1.94 bits per heavy atom. The van der Waals surface area contributed by atoms with E-state index in [-0.39, 0.29) is 0 Å². The first-order valence-electron chi connectivity index (χ1n) is 6.74. The molecule has 0 N–H and O–H groups in total. The zero-order valence-corrected chi connectivity index (χ0v) is 12.1. The lowest BCUT2D eigenvalue weighted by Crippen LogP contribution is -2.42. The zero-order chi connectivity index (χ0) is 12.8. The van der Waals surface area contributed by atoms with Crippen LogP contribution in [0.1, 0.15) is 47.0 Å². The van der Waals surface area contributed by atoms with E-state index in [1.54, 1.807) is 0 Å². The first kappa shape index (κ1) is 15.5. The van der Waals surface area contributed by atoms with Gasteiger partial charge in [-0.15, -0.1) is 0 Å². The van der Waals surface area contributed by atoms with Gasteiger partial charge in [-0.2, -0.15) is 0 Å². The second kappa shape index (κ2) is 6.95. The van der Waals surface area contributed by atoms with E-state index in [1.165, 1.54) is 38.0 Å². The summed E-state index contributed by atoms with van der Waals surface area (Å²) >= 11 is 0. The van der Waals surface area contributed by atoms with Crippen LogP contribution in [0.5, 0.6) is 0 Å². The number of hydrogen-bond donors (Lipinski definition) is 0. The van der Waals surface area contributed by atoms with Crippen LogP contribution in [0.15, 0.2) is 12.3 Å². The average Bonchev–Trinajstić information content (AvgIpc) is 2.84. The van der Waals surface area contributed by atoms with Crippen molar-refractivity contribution in [3.63, 3.8) is 0 Å². The molecule has 2 aliphatic rings. The molecule has 2 saturated heterocycles. The molecule has 0 aromatic carbocycles. The maximum atomic E-state index is 4.09. The SMILES string of the molecule is C=C1CC[C@]2(CCN(C)C2)N1C.CC.CC. The third kappa shape index (κ3) is 3.00. The molecular weight excluding hydrogens is 196 g/mol. The molecule has 2 nitrogen and oxygen atoms in total. The Morgan fingerprint density at radius 2 is 1.62 bits per heavy atom. The minimum Gasteiger partial charge on any atom is -0.371 e. The maximum Gasteiger partial charge on any atom is 0.0538 e. The largest absolute Gasteiger partial charge is 0.371 e. The fraction of sp³-hybridized carbons (Fsp3) is 0.857. The molecule has 0 saturated carbocycles. The molecule has 0 radical (unpaired) electrons. The lowest BCUT2D eigenvalue weighted by molar-refractivity contribution is 0.204. The minimum absolute atomic E-state index is 0.450. The Morgan fingerprint density at radius 1 is 1.06 bits per heavy atom. The topological polar surface area (TPSA) is 6.48 Å². The van der Waals surface area contributed by atoms with Crippen molar-refractivity contribution in [3.05, 3.63) is 12.3 Å². The van der Waals surface area contributed by atoms with Crippen molar-refractivity contribution in [1.82, 2.24) is 9.80 Å². The lowest BCUT2D eigenvalue weighted by atomic mass is 9.96. The fourth-order valence-corrected chi connectivity index (χ4v) is 2.59. The Bertz CT molecular complexity index is 213. The van der Waals surface area contributed by atoms with Crippen LogP contribution in [0, 0.1) is 0 Å². The number of likely N-dealkylation sites (tertiary alicyclic amines) is 2. The van der Waals surface area contributed by atoms with E-state index >= 15 is 0 Å². The van der Waals surface area contributed by atoms with Gasteiger partial charge in [0.05, 0.1) is 5.54 Å². The number of hydrogen-bond acceptors (Lipinski definition) is 2. The number of allylic oxidation sites excluding steroid dienone is 1. The van der Waals surface area contributed by atoms with Crippen LogP contribution in [0.2, 0.25) is 0 Å². The smallest absolute Gasteiger partial charge is 0.0538 e. The van der Waals surface area contributed by atoms with Gasteiger partial charge in [-0.05, 0) is 26.3 Å². The summed E-state index contributed by atoms with van der Waals surface area (Å²) in [4.78, 5) is 4.84. The number of nitrogens with zero attached hydrogens (tertiary/aromatic N) is 2. The van der Waals surface area contributed by atoms with Crippen molar-refractivity contribution >= 4 is 0 Å². The lowest BCUT2D eigenvalue weighted by Gasteiger charge is -2.33. The zero-order valence-electron chi connectivity index (χ0n) is 12.1. The summed E-state index contributed by atoms with van der Waals surface area (Å²) in [7, 11) is 4.41. The van der Waals surface area contributed by atoms with E-state index < -0.39 is 0 Å². The molecule has 2 heterocycles. The Labute approximate surface area is 102 Å². The van der Waals surface area contributed by atoms with Crippen LogP contribution in [0.3, 0.4) is 0 Å². The van der Waals surface area contributed by atoms with Crippen molar-refractivity contribution in [3.8, 4) is 0 Å². The van der Waals surface area contributed by atoms with Crippen molar-refractivity contribution in [2.24, 2.45) is 0 Å². The van der Waals surface area contributed by atoms with Gasteiger partial charge >= 0.3 is 0 Å². The summed E-state index contributed by atoms with van der Waals surface area (Å²) in [6, 6.07) is 0. The summed E-state index contributed by atoms with van der Waals surface area (Å²) in [5.74, 6) is 0. The van der Waals surface area contributed by atoms with Gasteiger partial charge < -0.3 is 9.80 Å². The normalized spacial score (nSPS) is 28.6. The minimum atomic E-state index is 0.450. The molecule has 2 heteroatoms. The molecule has 1 spiro atoms. The fourth-order valence-electron chi connectivity index (χ4n) is 2.59. The van der Waals surface area contributed by atoms with Crippen LogP contribution in [0.25, 0.3) is 0 Å². The highest BCUT2D eigenvalue weighted by Gasteiger charge is 2.44. The molecule has 0 amide bonds. The van der Waals surface area contributed by atoms with Gasteiger partial charge in [-0.1, -0.05) is 34.3 Å². The van der Waals surface area contributed by atoms with Crippen molar-refractivity contribution in [2.75, 3.05) is 27.2 Å². The molecule has 1 atom stereocenters. The van der Waals surface area contributed by atoms with E-state index in [0.717, 1.165) is 0 Å². The Kier molecular flexibility index (Phi) is 6.73. The van der Waals surface area contributed by atoms with Gasteiger partial charge in [-0.25, -0.2) is 0 Å². The molecule has 0 aliphatic carbocycles. The quantitative estimate of drug-likeness (QED) is 0.625. The molecule has 0 aromatic rings. The molecule has 96 valence electrons. The molecule has 0 bridgehead atoms. The standard InChI is InChI=1S/C10H18N2.2C2H6/c1-9-4-5-10(12(9)3)6-7-11(2)8-10;2*1-2/h1,4-8H2,2-3H3;2*1-2H3/t10-;;/m1../s1. The van der Waals surface area contributed by atoms with E-state index in [0.29, 0.717) is 5.54 Å². The summed E-state index contributed by atoms with van der Waals surface area (Å²) in [5.41, 5.74) is 1.77. The molecule has 0 unspecified atom stereocenters. The van der Waals surface area contributed by atoms with Gasteiger partial charge in [-0.3, -0.25) is 0 Å². The summed E-state index contributed by atoms with van der Waals surface area (Å²) in [6.07, 6.45) is 3.83. The number of likely N-dealkylation sites (N-methyl/N-ethyl adjacent to an activating group) is 2. The summed E-state index contributed by atoms with van der Waals surface area (Å²) < 4.78 is 0. The third-order valence-corrected chi connectivity index (χ3v) is 3.59. The monoisotopic (exact) mass is 226 g/mol. The van der Waals surface area contributed by atoms with Crippen LogP contribution in [-0.2, 0) is 0 Å². The molecule has 0 aromatic heterocycles. The number of rotatable bonds is 0. The third-order valence-electron chi connectivity index (χ3n) is 3.59. The van der Waals surface area contributed by atoms with E-state index in [9.17, 15) is 0 Å². The first-order chi connectivity index (χ1) is 7.64. The van der Waals surface area contributed by atoms with Gasteiger partial charge in [0.25, 0.3) is 0 Å². The maximum absolute atomic E-state index is 4.09. The highest BCUT2D eigenvalue weighted by molar-refractivity contribution is 5.13. The van der Waals surface area contributed by atoms with Gasteiger partial charge in [0, 0.05) is 25.8 Å². The summed E-state index contributed by atoms with van der Waals surface area (Å²) in [5, 5.41) is 0. The Hall–Kier alpha value is -0.500.